The number of nitrogens with two attached hydrogens (primary N) is 1. The van der Waals surface area contributed by atoms with Gasteiger partial charge in [-0.25, -0.2) is 0 Å². The summed E-state index contributed by atoms with van der Waals surface area (Å²) in [6.45, 7) is 1.53. The molecule has 112 valence electrons. The molecule has 1 aromatic carbocycles. The van der Waals surface area contributed by atoms with Crippen molar-refractivity contribution in [3.8, 4) is 5.75 Å². The number of benzene rings is 1. The Hall–Kier alpha value is -1.06. The van der Waals surface area contributed by atoms with Gasteiger partial charge in [-0.1, -0.05) is 31.7 Å². The molecule has 2 rings (SSSR count). The van der Waals surface area contributed by atoms with E-state index in [9.17, 15) is 0 Å². The Morgan fingerprint density at radius 3 is 2.50 bits per heavy atom. The van der Waals surface area contributed by atoms with Gasteiger partial charge in [-0.3, -0.25) is 4.90 Å². The molecule has 0 atom stereocenters. The maximum Gasteiger partial charge on any atom is 0.123 e. The van der Waals surface area contributed by atoms with Crippen LogP contribution in [0.25, 0.3) is 0 Å². The van der Waals surface area contributed by atoms with E-state index in [1.807, 2.05) is 12.1 Å². The molecule has 0 aromatic heterocycles. The second kappa shape index (κ2) is 7.65. The van der Waals surface area contributed by atoms with Gasteiger partial charge >= 0.3 is 0 Å². The monoisotopic (exact) mass is 276 g/mol. The van der Waals surface area contributed by atoms with Crippen LogP contribution in [0.2, 0.25) is 0 Å². The third kappa shape index (κ3) is 3.97. The summed E-state index contributed by atoms with van der Waals surface area (Å²) in [4.78, 5) is 2.49. The highest BCUT2D eigenvalue weighted by Crippen LogP contribution is 2.26. The van der Waals surface area contributed by atoms with E-state index in [-0.39, 0.29) is 0 Å². The molecular formula is C17H28N2O. The van der Waals surface area contributed by atoms with Crippen molar-refractivity contribution in [2.45, 2.75) is 57.7 Å². The lowest BCUT2D eigenvalue weighted by molar-refractivity contribution is 0.210. The number of rotatable bonds is 5. The van der Waals surface area contributed by atoms with Crippen LogP contribution in [0.4, 0.5) is 0 Å². The van der Waals surface area contributed by atoms with Gasteiger partial charge in [0.2, 0.25) is 0 Å². The van der Waals surface area contributed by atoms with Gasteiger partial charge in [0, 0.05) is 24.7 Å². The van der Waals surface area contributed by atoms with Crippen molar-refractivity contribution in [3.05, 3.63) is 29.3 Å². The highest BCUT2D eigenvalue weighted by Gasteiger charge is 2.18. The van der Waals surface area contributed by atoms with E-state index in [4.69, 9.17) is 10.5 Å². The average molecular weight is 276 g/mol. The van der Waals surface area contributed by atoms with Crippen LogP contribution in [0, 0.1) is 0 Å². The molecule has 0 radical (unpaired) electrons. The molecule has 1 aliphatic carbocycles. The van der Waals surface area contributed by atoms with Crippen molar-refractivity contribution >= 4 is 0 Å². The zero-order chi connectivity index (χ0) is 14.4. The second-order valence-electron chi connectivity index (χ2n) is 5.91. The molecular weight excluding hydrogens is 248 g/mol. The first kappa shape index (κ1) is 15.3. The van der Waals surface area contributed by atoms with Gasteiger partial charge in [-0.15, -0.1) is 0 Å². The van der Waals surface area contributed by atoms with Crippen LogP contribution >= 0.6 is 0 Å². The molecule has 2 N–H and O–H groups in total. The number of ether oxygens (including phenoxy) is 1. The first-order chi connectivity index (χ1) is 9.74. The lowest BCUT2D eigenvalue weighted by atomic mass is 10.0. The van der Waals surface area contributed by atoms with Crippen LogP contribution in [0.15, 0.2) is 18.2 Å². The van der Waals surface area contributed by atoms with Crippen molar-refractivity contribution in [3.63, 3.8) is 0 Å². The summed E-state index contributed by atoms with van der Waals surface area (Å²) >= 11 is 0. The molecule has 0 unspecified atom stereocenters. The van der Waals surface area contributed by atoms with Crippen molar-refractivity contribution in [2.75, 3.05) is 14.2 Å². The quantitative estimate of drug-likeness (QED) is 0.839. The van der Waals surface area contributed by atoms with Crippen LogP contribution in [0.1, 0.15) is 49.7 Å². The third-order valence-corrected chi connectivity index (χ3v) is 4.45. The largest absolute Gasteiger partial charge is 0.496 e. The van der Waals surface area contributed by atoms with E-state index in [1.165, 1.54) is 49.7 Å². The molecule has 20 heavy (non-hydrogen) atoms. The predicted molar refractivity (Wildman–Crippen MR) is 83.8 cm³/mol. The lowest BCUT2D eigenvalue weighted by Crippen LogP contribution is -2.30. The van der Waals surface area contributed by atoms with Gasteiger partial charge in [0.1, 0.15) is 5.75 Å². The maximum atomic E-state index is 5.75. The Labute approximate surface area is 123 Å². The molecule has 0 amide bonds. The summed E-state index contributed by atoms with van der Waals surface area (Å²) in [5.74, 6) is 0.975. The Morgan fingerprint density at radius 2 is 1.90 bits per heavy atom. The Kier molecular flexibility index (Phi) is 5.86. The zero-order valence-corrected chi connectivity index (χ0v) is 12.9. The fourth-order valence-corrected chi connectivity index (χ4v) is 3.18. The van der Waals surface area contributed by atoms with Gasteiger partial charge in [-0.05, 0) is 37.6 Å². The van der Waals surface area contributed by atoms with Crippen LogP contribution < -0.4 is 10.5 Å². The zero-order valence-electron chi connectivity index (χ0n) is 12.9. The molecule has 0 bridgehead atoms. The van der Waals surface area contributed by atoms with Gasteiger partial charge in [0.15, 0.2) is 0 Å². The van der Waals surface area contributed by atoms with Crippen molar-refractivity contribution in [1.82, 2.24) is 4.90 Å². The summed E-state index contributed by atoms with van der Waals surface area (Å²) in [6, 6.07) is 6.99. The lowest BCUT2D eigenvalue weighted by Gasteiger charge is -2.27. The first-order valence-corrected chi connectivity index (χ1v) is 7.80. The second-order valence-corrected chi connectivity index (χ2v) is 5.91. The predicted octanol–water partition coefficient (Wildman–Crippen LogP) is 3.31. The van der Waals surface area contributed by atoms with Crippen LogP contribution in [0.5, 0.6) is 5.75 Å². The van der Waals surface area contributed by atoms with Gasteiger partial charge < -0.3 is 10.5 Å². The number of hydrogen-bond acceptors (Lipinski definition) is 3. The minimum Gasteiger partial charge on any atom is -0.496 e. The smallest absolute Gasteiger partial charge is 0.123 e. The molecule has 1 fully saturated rings. The van der Waals surface area contributed by atoms with Crippen molar-refractivity contribution < 1.29 is 4.74 Å². The number of methoxy groups -OCH3 is 1. The van der Waals surface area contributed by atoms with E-state index < -0.39 is 0 Å². The number of hydrogen-bond donors (Lipinski definition) is 1. The Balaban J connectivity index is 2.07. The Morgan fingerprint density at radius 1 is 1.20 bits per heavy atom. The normalized spacial score (nSPS) is 17.2. The van der Waals surface area contributed by atoms with Crippen LogP contribution in [-0.2, 0) is 13.1 Å². The summed E-state index contributed by atoms with van der Waals surface area (Å²) in [7, 11) is 3.98. The summed E-state index contributed by atoms with van der Waals surface area (Å²) in [5, 5.41) is 0. The van der Waals surface area contributed by atoms with Crippen LogP contribution in [-0.4, -0.2) is 25.1 Å². The van der Waals surface area contributed by atoms with Crippen molar-refractivity contribution in [2.24, 2.45) is 5.73 Å². The van der Waals surface area contributed by atoms with Gasteiger partial charge in [0.25, 0.3) is 0 Å². The minimum absolute atomic E-state index is 0.587. The van der Waals surface area contributed by atoms with Crippen LogP contribution in [0.3, 0.4) is 0 Å². The average Bonchev–Trinajstić information content (AvgIpc) is 2.76. The first-order valence-electron chi connectivity index (χ1n) is 7.80. The summed E-state index contributed by atoms with van der Waals surface area (Å²) in [6.07, 6.45) is 8.20. The Bertz CT molecular complexity index is 411. The van der Waals surface area contributed by atoms with Gasteiger partial charge in [0.05, 0.1) is 7.11 Å². The molecule has 1 aromatic rings. The molecule has 0 spiro atoms. The highest BCUT2D eigenvalue weighted by atomic mass is 16.5. The van der Waals surface area contributed by atoms with E-state index >= 15 is 0 Å². The topological polar surface area (TPSA) is 38.5 Å². The molecule has 0 aliphatic heterocycles. The van der Waals surface area contributed by atoms with E-state index in [2.05, 4.69) is 18.0 Å². The third-order valence-electron chi connectivity index (χ3n) is 4.45. The number of nitrogens with zero attached hydrogens (tertiary/aromatic N) is 1. The standard InChI is InChI=1S/C17H28N2O/c1-19(16-7-5-3-4-6-8-16)13-15-11-14(12-18)9-10-17(15)20-2/h9-11,16H,3-8,12-13,18H2,1-2H3. The highest BCUT2D eigenvalue weighted by molar-refractivity contribution is 5.37. The summed E-state index contributed by atoms with van der Waals surface area (Å²) in [5.41, 5.74) is 8.18. The molecule has 1 aliphatic rings. The minimum atomic E-state index is 0.587. The summed E-state index contributed by atoms with van der Waals surface area (Å²) < 4.78 is 5.49. The molecule has 0 heterocycles. The van der Waals surface area contributed by atoms with Gasteiger partial charge in [-0.2, -0.15) is 0 Å². The fourth-order valence-electron chi connectivity index (χ4n) is 3.18. The van der Waals surface area contributed by atoms with Crippen molar-refractivity contribution in [1.29, 1.82) is 0 Å². The molecule has 3 nitrogen and oxygen atoms in total. The maximum absolute atomic E-state index is 5.75. The molecule has 0 saturated heterocycles. The molecule has 3 heteroatoms. The van der Waals surface area contributed by atoms with E-state index in [0.717, 1.165) is 12.3 Å². The SMILES string of the molecule is COc1ccc(CN)cc1CN(C)C1CCCCCC1. The van der Waals surface area contributed by atoms with E-state index in [1.54, 1.807) is 7.11 Å². The fraction of sp³-hybridized carbons (Fsp3) is 0.647. The molecule has 1 saturated carbocycles. The van der Waals surface area contributed by atoms with E-state index in [0.29, 0.717) is 12.6 Å².